The highest BCUT2D eigenvalue weighted by Crippen LogP contribution is 2.46. The Bertz CT molecular complexity index is 980. The summed E-state index contributed by atoms with van der Waals surface area (Å²) in [5, 5.41) is 0.535. The Labute approximate surface area is 205 Å². The number of ether oxygens (including phenoxy) is 1. The van der Waals surface area contributed by atoms with E-state index in [1.807, 2.05) is 0 Å². The Morgan fingerprint density at radius 3 is 2.62 bits per heavy atom. The molecule has 0 radical (unpaired) electrons. The van der Waals surface area contributed by atoms with Crippen molar-refractivity contribution in [1.29, 1.82) is 0 Å². The van der Waals surface area contributed by atoms with Crippen LogP contribution in [0, 0.1) is 11.2 Å². The third kappa shape index (κ3) is 5.50. The number of carbonyl (C=O) groups is 1. The second-order valence-corrected chi connectivity index (χ2v) is 9.91. The third-order valence-electron chi connectivity index (χ3n) is 7.11. The van der Waals surface area contributed by atoms with Gasteiger partial charge in [-0.1, -0.05) is 11.6 Å². The van der Waals surface area contributed by atoms with Gasteiger partial charge in [0.15, 0.2) is 0 Å². The number of hydrogen-bond acceptors (Lipinski definition) is 7. The summed E-state index contributed by atoms with van der Waals surface area (Å²) >= 11 is 6.35. The van der Waals surface area contributed by atoms with Gasteiger partial charge in [-0.05, 0) is 50.8 Å². The molecule has 2 aromatic rings. The van der Waals surface area contributed by atoms with Gasteiger partial charge >= 0.3 is 0 Å². The molecule has 1 spiro atoms. The second kappa shape index (κ2) is 11.0. The lowest BCUT2D eigenvalue weighted by Crippen LogP contribution is -2.54. The van der Waals surface area contributed by atoms with Crippen LogP contribution in [0.2, 0.25) is 5.02 Å². The lowest BCUT2D eigenvalue weighted by Gasteiger charge is -2.47. The molecule has 3 aliphatic rings. The highest BCUT2D eigenvalue weighted by Gasteiger charge is 2.48. The van der Waals surface area contributed by atoms with E-state index in [-0.39, 0.29) is 5.82 Å². The van der Waals surface area contributed by atoms with E-state index in [0.717, 1.165) is 31.9 Å². The summed E-state index contributed by atoms with van der Waals surface area (Å²) in [4.78, 5) is 25.2. The van der Waals surface area contributed by atoms with Crippen molar-refractivity contribution in [2.75, 3.05) is 57.8 Å². The van der Waals surface area contributed by atoms with Crippen LogP contribution in [0.3, 0.4) is 0 Å². The molecule has 1 atom stereocenters. The molecular formula is C25H33ClFN5O2. The first-order valence-corrected chi connectivity index (χ1v) is 12.3. The maximum Gasteiger partial charge on any atom is 0.293 e. The molecule has 184 valence electrons. The van der Waals surface area contributed by atoms with Gasteiger partial charge in [-0.25, -0.2) is 9.37 Å². The summed E-state index contributed by atoms with van der Waals surface area (Å²) < 4.78 is 18.2. The molecule has 5 rings (SSSR count). The number of carbonyl (C=O) groups excluding carboxylic acids is 1. The van der Waals surface area contributed by atoms with E-state index in [2.05, 4.69) is 36.5 Å². The smallest absolute Gasteiger partial charge is 0.293 e. The lowest BCUT2D eigenvalue weighted by atomic mass is 9.78. The van der Waals surface area contributed by atoms with E-state index in [1.54, 1.807) is 31.3 Å². The van der Waals surface area contributed by atoms with Gasteiger partial charge in [0, 0.05) is 57.6 Å². The van der Waals surface area contributed by atoms with Gasteiger partial charge in [0.05, 0.1) is 23.5 Å². The van der Waals surface area contributed by atoms with Gasteiger partial charge in [-0.3, -0.25) is 14.7 Å². The summed E-state index contributed by atoms with van der Waals surface area (Å²) in [5.41, 5.74) is 2.63. The van der Waals surface area contributed by atoms with Crippen LogP contribution in [0.15, 0.2) is 30.6 Å². The van der Waals surface area contributed by atoms with E-state index >= 15 is 0 Å². The number of nitrogens with zero attached hydrogens (tertiary/aromatic N) is 5. The Balaban J connectivity index is 0.000000499. The van der Waals surface area contributed by atoms with Crippen molar-refractivity contribution < 1.29 is 13.9 Å². The zero-order valence-electron chi connectivity index (χ0n) is 19.9. The third-order valence-corrected chi connectivity index (χ3v) is 7.42. The molecule has 0 bridgehead atoms. The minimum atomic E-state index is -0.329. The summed E-state index contributed by atoms with van der Waals surface area (Å²) in [7, 11) is 2.22. The van der Waals surface area contributed by atoms with Crippen molar-refractivity contribution in [2.24, 2.45) is 5.41 Å². The number of halogens is 2. The number of anilines is 1. The maximum absolute atomic E-state index is 14.0. The predicted octanol–water partition coefficient (Wildman–Crippen LogP) is 3.72. The Kier molecular flexibility index (Phi) is 8.01. The highest BCUT2D eigenvalue weighted by atomic mass is 35.5. The van der Waals surface area contributed by atoms with Crippen molar-refractivity contribution in [3.05, 3.63) is 41.4 Å². The van der Waals surface area contributed by atoms with Crippen LogP contribution < -0.4 is 4.90 Å². The van der Waals surface area contributed by atoms with E-state index < -0.39 is 0 Å². The Hall–Kier alpha value is -2.29. The zero-order chi connectivity index (χ0) is 24.1. The molecule has 1 aliphatic carbocycles. The van der Waals surface area contributed by atoms with Gasteiger partial charge in [0.25, 0.3) is 6.47 Å². The van der Waals surface area contributed by atoms with E-state index in [4.69, 9.17) is 11.6 Å². The SMILES string of the molecule is CCOC=O.CN1CC2(CCC(N3CCN(c4cc(F)cnc4-c4ncccc4Cl)CC3)C2)C1. The first-order valence-electron chi connectivity index (χ1n) is 11.9. The summed E-state index contributed by atoms with van der Waals surface area (Å²) in [6.45, 7) is 8.92. The van der Waals surface area contributed by atoms with Gasteiger partial charge in [-0.2, -0.15) is 0 Å². The molecule has 0 N–H and O–H groups in total. The molecule has 3 fully saturated rings. The van der Waals surface area contributed by atoms with Gasteiger partial charge in [0.1, 0.15) is 17.2 Å². The van der Waals surface area contributed by atoms with Crippen molar-refractivity contribution in [3.63, 3.8) is 0 Å². The Morgan fingerprint density at radius 1 is 1.24 bits per heavy atom. The summed E-state index contributed by atoms with van der Waals surface area (Å²) in [5.74, 6) is -0.329. The molecule has 2 aromatic heterocycles. The fourth-order valence-electron chi connectivity index (χ4n) is 5.68. The molecule has 34 heavy (non-hydrogen) atoms. The Morgan fingerprint density at radius 2 is 2.00 bits per heavy atom. The number of pyridine rings is 2. The molecule has 0 aromatic carbocycles. The quantitative estimate of drug-likeness (QED) is 0.593. The molecule has 9 heteroatoms. The fraction of sp³-hybridized carbons (Fsp3) is 0.560. The van der Waals surface area contributed by atoms with Crippen LogP contribution in [-0.4, -0.2) is 85.2 Å². The number of hydrogen-bond donors (Lipinski definition) is 0. The predicted molar refractivity (Wildman–Crippen MR) is 131 cm³/mol. The van der Waals surface area contributed by atoms with Crippen LogP contribution in [0.25, 0.3) is 11.4 Å². The van der Waals surface area contributed by atoms with Crippen molar-refractivity contribution in [3.8, 4) is 11.4 Å². The van der Waals surface area contributed by atoms with Crippen LogP contribution >= 0.6 is 11.6 Å². The van der Waals surface area contributed by atoms with E-state index in [1.165, 1.54) is 38.5 Å². The molecule has 1 unspecified atom stereocenters. The molecule has 2 aliphatic heterocycles. The van der Waals surface area contributed by atoms with Gasteiger partial charge < -0.3 is 14.5 Å². The molecular weight excluding hydrogens is 457 g/mol. The minimum Gasteiger partial charge on any atom is -0.468 e. The van der Waals surface area contributed by atoms with Crippen LogP contribution in [0.1, 0.15) is 26.2 Å². The first kappa shape index (κ1) is 24.8. The normalized spacial score (nSPS) is 22.1. The average Bonchev–Trinajstić information content (AvgIpc) is 3.26. The van der Waals surface area contributed by atoms with E-state index in [0.29, 0.717) is 40.9 Å². The van der Waals surface area contributed by atoms with Gasteiger partial charge in [-0.15, -0.1) is 0 Å². The number of piperazine rings is 1. The van der Waals surface area contributed by atoms with E-state index in [9.17, 15) is 9.18 Å². The van der Waals surface area contributed by atoms with Gasteiger partial charge in [0.2, 0.25) is 0 Å². The highest BCUT2D eigenvalue weighted by molar-refractivity contribution is 6.33. The summed E-state index contributed by atoms with van der Waals surface area (Å²) in [6, 6.07) is 5.85. The summed E-state index contributed by atoms with van der Waals surface area (Å²) in [6.07, 6.45) is 6.94. The number of aromatic nitrogens is 2. The molecule has 1 saturated carbocycles. The maximum atomic E-state index is 14.0. The monoisotopic (exact) mass is 489 g/mol. The lowest BCUT2D eigenvalue weighted by molar-refractivity contribution is -0.128. The van der Waals surface area contributed by atoms with Crippen molar-refractivity contribution in [1.82, 2.24) is 19.8 Å². The zero-order valence-corrected chi connectivity index (χ0v) is 20.7. The largest absolute Gasteiger partial charge is 0.468 e. The first-order chi connectivity index (χ1) is 16.4. The van der Waals surface area contributed by atoms with Crippen LogP contribution in [0.4, 0.5) is 10.1 Å². The van der Waals surface area contributed by atoms with Crippen LogP contribution in [0.5, 0.6) is 0 Å². The van der Waals surface area contributed by atoms with Crippen molar-refractivity contribution >= 4 is 23.8 Å². The topological polar surface area (TPSA) is 61.8 Å². The standard InChI is InChI=1S/C22H27ClFN5.C3H6O2/c1-27-14-22(15-27)5-4-17(12-22)28-7-9-29(10-8-28)19-11-16(24)13-26-21(19)20-18(23)3-2-6-25-20;1-2-5-3-4/h2-3,6,11,13,17H,4-5,7-10,12,14-15H2,1H3;3H,2H2,1H3. The average molecular weight is 490 g/mol. The molecule has 4 heterocycles. The second-order valence-electron chi connectivity index (χ2n) is 9.50. The number of likely N-dealkylation sites (tertiary alicyclic amines) is 1. The molecule has 7 nitrogen and oxygen atoms in total. The minimum absolute atomic E-state index is 0.329. The fourth-order valence-corrected chi connectivity index (χ4v) is 5.89. The molecule has 2 saturated heterocycles. The molecule has 0 amide bonds. The van der Waals surface area contributed by atoms with Crippen LogP contribution in [-0.2, 0) is 9.53 Å². The number of rotatable bonds is 5. The van der Waals surface area contributed by atoms with Crippen molar-refractivity contribution in [2.45, 2.75) is 32.2 Å².